The van der Waals surface area contributed by atoms with Gasteiger partial charge < -0.3 is 15.4 Å². The summed E-state index contributed by atoms with van der Waals surface area (Å²) in [5.41, 5.74) is 6.41. The third kappa shape index (κ3) is 5.57. The van der Waals surface area contributed by atoms with Crippen molar-refractivity contribution in [2.24, 2.45) is 17.1 Å². The first-order valence-corrected chi connectivity index (χ1v) is 11.7. The first-order chi connectivity index (χ1) is 16.7. The fourth-order valence-electron chi connectivity index (χ4n) is 4.43. The standard InChI is InChI=1S/C26H31F2N5O2/c1-26(2,3)23(32-13-18(12-29)15-35-16-22(32)34)25-30-24(20-11-19(27)9-10-21(20)28)31-33(25)14-17-7-5-4-6-8-17/h4-11,18,23H,12-16,29H2,1-3H3/t18?,23-/m1/s1. The highest BCUT2D eigenvalue weighted by Crippen LogP contribution is 2.39. The molecule has 1 amide bonds. The Bertz CT molecular complexity index is 1180. The molecule has 0 bridgehead atoms. The number of ether oxygens (including phenoxy) is 1. The zero-order chi connectivity index (χ0) is 25.2. The molecule has 1 aromatic heterocycles. The molecule has 1 aliphatic rings. The lowest BCUT2D eigenvalue weighted by Crippen LogP contribution is -2.45. The minimum atomic E-state index is -0.621. The third-order valence-electron chi connectivity index (χ3n) is 6.11. The van der Waals surface area contributed by atoms with Crippen LogP contribution >= 0.6 is 0 Å². The van der Waals surface area contributed by atoms with Gasteiger partial charge in [-0.2, -0.15) is 5.10 Å². The van der Waals surface area contributed by atoms with E-state index in [9.17, 15) is 13.6 Å². The summed E-state index contributed by atoms with van der Waals surface area (Å²) in [5.74, 6) is -0.849. The van der Waals surface area contributed by atoms with Gasteiger partial charge in [-0.05, 0) is 35.7 Å². The molecule has 0 aliphatic carbocycles. The van der Waals surface area contributed by atoms with Gasteiger partial charge in [0.15, 0.2) is 11.6 Å². The molecule has 2 N–H and O–H groups in total. The van der Waals surface area contributed by atoms with Crippen molar-refractivity contribution in [2.75, 3.05) is 26.3 Å². The van der Waals surface area contributed by atoms with E-state index in [0.29, 0.717) is 32.1 Å². The summed E-state index contributed by atoms with van der Waals surface area (Å²) >= 11 is 0. The quantitative estimate of drug-likeness (QED) is 0.577. The van der Waals surface area contributed by atoms with E-state index in [-0.39, 0.29) is 29.8 Å². The largest absolute Gasteiger partial charge is 0.371 e. The van der Waals surface area contributed by atoms with Gasteiger partial charge in [-0.1, -0.05) is 51.1 Å². The first-order valence-electron chi connectivity index (χ1n) is 11.7. The molecule has 0 saturated carbocycles. The molecule has 2 heterocycles. The summed E-state index contributed by atoms with van der Waals surface area (Å²) < 4.78 is 35.9. The van der Waals surface area contributed by atoms with Gasteiger partial charge >= 0.3 is 0 Å². The molecule has 1 saturated heterocycles. The second-order valence-corrected chi connectivity index (χ2v) is 9.99. The van der Waals surface area contributed by atoms with E-state index in [4.69, 9.17) is 15.5 Å². The third-order valence-corrected chi connectivity index (χ3v) is 6.11. The van der Waals surface area contributed by atoms with Gasteiger partial charge in [0.2, 0.25) is 5.91 Å². The monoisotopic (exact) mass is 483 g/mol. The highest BCUT2D eigenvalue weighted by Gasteiger charge is 2.40. The van der Waals surface area contributed by atoms with Crippen molar-refractivity contribution < 1.29 is 18.3 Å². The van der Waals surface area contributed by atoms with E-state index in [1.807, 2.05) is 51.1 Å². The van der Waals surface area contributed by atoms with E-state index in [1.54, 1.807) is 9.58 Å². The molecule has 3 aromatic rings. The van der Waals surface area contributed by atoms with Crippen molar-refractivity contribution in [1.82, 2.24) is 19.7 Å². The highest BCUT2D eigenvalue weighted by molar-refractivity contribution is 5.78. The molecular formula is C26H31F2N5O2. The Kier molecular flexibility index (Phi) is 7.28. The van der Waals surface area contributed by atoms with Crippen LogP contribution in [0, 0.1) is 23.0 Å². The van der Waals surface area contributed by atoms with Crippen LogP contribution < -0.4 is 5.73 Å². The second kappa shape index (κ2) is 10.2. The molecule has 1 fully saturated rings. The summed E-state index contributed by atoms with van der Waals surface area (Å²) in [4.78, 5) is 19.6. The molecule has 9 heteroatoms. The predicted molar refractivity (Wildman–Crippen MR) is 128 cm³/mol. The molecule has 1 unspecified atom stereocenters. The summed E-state index contributed by atoms with van der Waals surface area (Å²) in [7, 11) is 0. The number of benzene rings is 2. The molecule has 1 aliphatic heterocycles. The van der Waals surface area contributed by atoms with Crippen LogP contribution in [0.15, 0.2) is 48.5 Å². The molecule has 186 valence electrons. The smallest absolute Gasteiger partial charge is 0.249 e. The van der Waals surface area contributed by atoms with E-state index in [2.05, 4.69) is 5.10 Å². The zero-order valence-electron chi connectivity index (χ0n) is 20.2. The summed E-state index contributed by atoms with van der Waals surface area (Å²) in [5, 5.41) is 4.60. The maximum atomic E-state index is 14.7. The van der Waals surface area contributed by atoms with Gasteiger partial charge in [-0.3, -0.25) is 4.79 Å². The lowest BCUT2D eigenvalue weighted by atomic mass is 9.84. The number of aromatic nitrogens is 3. The molecule has 2 aromatic carbocycles. The van der Waals surface area contributed by atoms with Gasteiger partial charge in [-0.25, -0.2) is 18.4 Å². The van der Waals surface area contributed by atoms with Crippen LogP contribution in [0.3, 0.4) is 0 Å². The number of carbonyl (C=O) groups excluding carboxylic acids is 1. The van der Waals surface area contributed by atoms with Crippen molar-refractivity contribution in [3.63, 3.8) is 0 Å². The fraction of sp³-hybridized carbons (Fsp3) is 0.423. The predicted octanol–water partition coefficient (Wildman–Crippen LogP) is 3.79. The van der Waals surface area contributed by atoms with Crippen molar-refractivity contribution in [3.8, 4) is 11.4 Å². The van der Waals surface area contributed by atoms with Crippen molar-refractivity contribution in [1.29, 1.82) is 0 Å². The van der Waals surface area contributed by atoms with E-state index in [1.165, 1.54) is 0 Å². The zero-order valence-corrected chi connectivity index (χ0v) is 20.2. The SMILES string of the molecule is CC(C)(C)[C@@H](c1nc(-c2cc(F)ccc2F)nn1Cc1ccccc1)N1CC(CN)COCC1=O. The van der Waals surface area contributed by atoms with Gasteiger partial charge in [0.05, 0.1) is 24.8 Å². The van der Waals surface area contributed by atoms with E-state index >= 15 is 0 Å². The second-order valence-electron chi connectivity index (χ2n) is 9.99. The van der Waals surface area contributed by atoms with Crippen molar-refractivity contribution >= 4 is 5.91 Å². The number of hydrogen-bond donors (Lipinski definition) is 1. The Hall–Kier alpha value is -3.17. The number of nitrogens with two attached hydrogens (primary N) is 1. The Morgan fingerprint density at radius 3 is 2.60 bits per heavy atom. The van der Waals surface area contributed by atoms with Crippen LogP contribution in [-0.2, 0) is 16.1 Å². The maximum Gasteiger partial charge on any atom is 0.249 e. The van der Waals surface area contributed by atoms with Crippen LogP contribution in [0.4, 0.5) is 8.78 Å². The molecule has 7 nitrogen and oxygen atoms in total. The average Bonchev–Trinajstić information content (AvgIpc) is 3.11. The number of halogens is 2. The molecule has 0 spiro atoms. The van der Waals surface area contributed by atoms with Gasteiger partial charge in [0.1, 0.15) is 18.2 Å². The molecule has 35 heavy (non-hydrogen) atoms. The Balaban J connectivity index is 1.87. The van der Waals surface area contributed by atoms with Gasteiger partial charge in [0.25, 0.3) is 0 Å². The number of amides is 1. The van der Waals surface area contributed by atoms with Gasteiger partial charge in [0, 0.05) is 12.5 Å². The number of carbonyl (C=O) groups is 1. The van der Waals surface area contributed by atoms with E-state index in [0.717, 1.165) is 23.8 Å². The van der Waals surface area contributed by atoms with E-state index < -0.39 is 23.1 Å². The minimum Gasteiger partial charge on any atom is -0.371 e. The van der Waals surface area contributed by atoms with Crippen LogP contribution in [0.2, 0.25) is 0 Å². The summed E-state index contributed by atoms with van der Waals surface area (Å²) in [6, 6.07) is 12.4. The lowest BCUT2D eigenvalue weighted by Gasteiger charge is -2.39. The van der Waals surface area contributed by atoms with Gasteiger partial charge in [-0.15, -0.1) is 0 Å². The Morgan fingerprint density at radius 1 is 1.17 bits per heavy atom. The Labute approximate surface area is 203 Å². The number of hydrogen-bond acceptors (Lipinski definition) is 5. The van der Waals surface area contributed by atoms with Crippen molar-refractivity contribution in [3.05, 3.63) is 71.6 Å². The molecule has 0 radical (unpaired) electrons. The van der Waals surface area contributed by atoms with Crippen molar-refractivity contribution in [2.45, 2.75) is 33.4 Å². The topological polar surface area (TPSA) is 86.3 Å². The number of nitrogens with zero attached hydrogens (tertiary/aromatic N) is 4. The highest BCUT2D eigenvalue weighted by atomic mass is 19.1. The Morgan fingerprint density at radius 2 is 1.91 bits per heavy atom. The van der Waals surface area contributed by atoms with Crippen LogP contribution in [0.1, 0.15) is 38.2 Å². The summed E-state index contributed by atoms with van der Waals surface area (Å²) in [6.07, 6.45) is 0. The number of rotatable bonds is 6. The summed E-state index contributed by atoms with van der Waals surface area (Å²) in [6.45, 7) is 7.50. The normalized spacial score (nSPS) is 17.9. The maximum absolute atomic E-state index is 14.7. The fourth-order valence-corrected chi connectivity index (χ4v) is 4.43. The molecular weight excluding hydrogens is 452 g/mol. The minimum absolute atomic E-state index is 0.0306. The average molecular weight is 484 g/mol. The van der Waals surface area contributed by atoms with Crippen LogP contribution in [0.25, 0.3) is 11.4 Å². The van der Waals surface area contributed by atoms with Crippen LogP contribution in [0.5, 0.6) is 0 Å². The lowest BCUT2D eigenvalue weighted by molar-refractivity contribution is -0.139. The first kappa shape index (κ1) is 24.9. The molecule has 2 atom stereocenters. The molecule has 4 rings (SSSR count). The van der Waals surface area contributed by atoms with Crippen LogP contribution in [-0.4, -0.2) is 51.9 Å².